The van der Waals surface area contributed by atoms with E-state index in [-0.39, 0.29) is 11.8 Å². The van der Waals surface area contributed by atoms with Crippen molar-refractivity contribution in [3.63, 3.8) is 0 Å². The van der Waals surface area contributed by atoms with Gasteiger partial charge in [-0.25, -0.2) is 9.48 Å². The van der Waals surface area contributed by atoms with Crippen LogP contribution in [0.4, 0.5) is 29.5 Å². The maximum absolute atomic E-state index is 12.9. The number of hydrogen-bond donors (Lipinski definition) is 2. The zero-order chi connectivity index (χ0) is 22.0. The summed E-state index contributed by atoms with van der Waals surface area (Å²) < 4.78 is 40.1. The molecule has 162 valence electrons. The maximum Gasteiger partial charge on any atom is 0.416 e. The molecule has 2 aromatic carbocycles. The molecule has 0 aliphatic carbocycles. The molecule has 2 amide bonds. The largest absolute Gasteiger partial charge is 0.416 e. The van der Waals surface area contributed by atoms with Gasteiger partial charge < -0.3 is 16.0 Å². The molecule has 31 heavy (non-hydrogen) atoms. The zero-order valence-electron chi connectivity index (χ0n) is 16.4. The number of nitrogen functional groups attached to an aromatic ring is 1. The van der Waals surface area contributed by atoms with Gasteiger partial charge in [-0.2, -0.15) is 30.0 Å². The van der Waals surface area contributed by atoms with E-state index in [0.717, 1.165) is 29.2 Å². The molecule has 1 aromatic heterocycles. The van der Waals surface area contributed by atoms with E-state index in [1.54, 1.807) is 16.7 Å². The normalized spacial score (nSPS) is 14.5. The van der Waals surface area contributed by atoms with E-state index in [1.807, 2.05) is 30.3 Å². The third-order valence-electron chi connectivity index (χ3n) is 4.94. The van der Waals surface area contributed by atoms with Crippen LogP contribution in [0.2, 0.25) is 0 Å². The molecule has 6 nitrogen and oxygen atoms in total. The van der Waals surface area contributed by atoms with Crippen LogP contribution in [-0.4, -0.2) is 45.3 Å². The second kappa shape index (κ2) is 8.54. The molecular weight excluding hydrogens is 427 g/mol. The molecule has 1 saturated heterocycles. The summed E-state index contributed by atoms with van der Waals surface area (Å²) in [6.07, 6.45) is -4.44. The highest BCUT2D eigenvalue weighted by Gasteiger charge is 2.30. The molecule has 0 unspecified atom stereocenters. The van der Waals surface area contributed by atoms with Crippen LogP contribution < -0.4 is 11.1 Å². The predicted molar refractivity (Wildman–Crippen MR) is 116 cm³/mol. The Morgan fingerprint density at radius 1 is 1.03 bits per heavy atom. The fourth-order valence-electron chi connectivity index (χ4n) is 3.29. The number of alkyl halides is 3. The van der Waals surface area contributed by atoms with E-state index in [2.05, 4.69) is 10.4 Å². The van der Waals surface area contributed by atoms with E-state index < -0.39 is 11.7 Å². The van der Waals surface area contributed by atoms with Gasteiger partial charge in [0, 0.05) is 30.2 Å². The number of thioether (sulfide) groups is 1. The SMILES string of the molecule is Nc1c(NC(=O)N2CCSCC2)c(-c2ccccc2)nn1-c1ccc(C(F)(F)F)cc1. The summed E-state index contributed by atoms with van der Waals surface area (Å²) in [6.45, 7) is 1.26. The van der Waals surface area contributed by atoms with E-state index in [4.69, 9.17) is 5.73 Å². The first kappa shape index (κ1) is 21.1. The quantitative estimate of drug-likeness (QED) is 0.609. The third kappa shape index (κ3) is 4.48. The van der Waals surface area contributed by atoms with E-state index in [9.17, 15) is 18.0 Å². The Bertz CT molecular complexity index is 1060. The summed E-state index contributed by atoms with van der Waals surface area (Å²) >= 11 is 1.79. The summed E-state index contributed by atoms with van der Waals surface area (Å²) in [5.41, 5.74) is 7.41. The van der Waals surface area contributed by atoms with Crippen LogP contribution in [0.5, 0.6) is 0 Å². The van der Waals surface area contributed by atoms with E-state index >= 15 is 0 Å². The Hall–Kier alpha value is -3.14. The van der Waals surface area contributed by atoms with Crippen molar-refractivity contribution in [3.05, 3.63) is 60.2 Å². The number of amides is 2. The molecule has 0 atom stereocenters. The van der Waals surface area contributed by atoms with E-state index in [0.29, 0.717) is 30.2 Å². The summed E-state index contributed by atoms with van der Waals surface area (Å²) in [4.78, 5) is 14.5. The van der Waals surface area contributed by atoms with Crippen LogP contribution in [0.1, 0.15) is 5.56 Å². The number of halogens is 3. The highest BCUT2D eigenvalue weighted by atomic mass is 32.2. The molecule has 3 N–H and O–H groups in total. The second-order valence-corrected chi connectivity index (χ2v) is 8.19. The van der Waals surface area contributed by atoms with Gasteiger partial charge in [0.1, 0.15) is 11.4 Å². The van der Waals surface area contributed by atoms with Crippen molar-refractivity contribution in [2.45, 2.75) is 6.18 Å². The van der Waals surface area contributed by atoms with Crippen molar-refractivity contribution >= 4 is 29.3 Å². The molecule has 4 rings (SSSR count). The average Bonchev–Trinajstić information content (AvgIpc) is 3.10. The number of nitrogens with two attached hydrogens (primary N) is 1. The minimum atomic E-state index is -4.44. The van der Waals surface area contributed by atoms with Gasteiger partial charge in [0.05, 0.1) is 11.3 Å². The minimum Gasteiger partial charge on any atom is -0.382 e. The lowest BCUT2D eigenvalue weighted by atomic mass is 10.1. The lowest BCUT2D eigenvalue weighted by Crippen LogP contribution is -2.40. The monoisotopic (exact) mass is 447 g/mol. The topological polar surface area (TPSA) is 76.2 Å². The van der Waals surface area contributed by atoms with Crippen molar-refractivity contribution in [1.29, 1.82) is 0 Å². The number of nitrogens with zero attached hydrogens (tertiary/aromatic N) is 3. The molecular formula is C21H20F3N5OS. The first-order valence-corrected chi connectivity index (χ1v) is 10.8. The van der Waals surface area contributed by atoms with Crippen LogP contribution in [0.15, 0.2) is 54.6 Å². The minimum absolute atomic E-state index is 0.137. The van der Waals surface area contributed by atoms with Crippen LogP contribution in [0.25, 0.3) is 16.9 Å². The molecule has 0 saturated carbocycles. The first-order valence-electron chi connectivity index (χ1n) is 9.60. The lowest BCUT2D eigenvalue weighted by Gasteiger charge is -2.26. The van der Waals surface area contributed by atoms with Gasteiger partial charge in [-0.05, 0) is 24.3 Å². The Morgan fingerprint density at radius 3 is 2.29 bits per heavy atom. The Balaban J connectivity index is 1.73. The van der Waals surface area contributed by atoms with Crippen molar-refractivity contribution < 1.29 is 18.0 Å². The summed E-state index contributed by atoms with van der Waals surface area (Å²) in [5, 5.41) is 7.38. The number of rotatable bonds is 3. The molecule has 3 aromatic rings. The maximum atomic E-state index is 12.9. The van der Waals surface area contributed by atoms with Gasteiger partial charge >= 0.3 is 12.2 Å². The van der Waals surface area contributed by atoms with Gasteiger partial charge in [0.15, 0.2) is 5.82 Å². The van der Waals surface area contributed by atoms with Crippen LogP contribution in [0.3, 0.4) is 0 Å². The predicted octanol–water partition coefficient (Wildman–Crippen LogP) is 4.72. The summed E-state index contributed by atoms with van der Waals surface area (Å²) in [6, 6.07) is 13.4. The van der Waals surface area contributed by atoms with Crippen molar-refractivity contribution in [2.75, 3.05) is 35.6 Å². The van der Waals surface area contributed by atoms with Gasteiger partial charge in [-0.1, -0.05) is 30.3 Å². The third-order valence-corrected chi connectivity index (χ3v) is 5.88. The average molecular weight is 447 g/mol. The number of aromatic nitrogens is 2. The molecule has 0 bridgehead atoms. The molecule has 0 radical (unpaired) electrons. The van der Waals surface area contributed by atoms with Crippen LogP contribution >= 0.6 is 11.8 Å². The molecule has 1 aliphatic heterocycles. The summed E-state index contributed by atoms with van der Waals surface area (Å²) in [5.74, 6) is 1.86. The standard InChI is InChI=1S/C21H20F3N5OS/c22-21(23,24)15-6-8-16(9-7-15)29-19(25)18(17(27-29)14-4-2-1-3-5-14)26-20(30)28-10-12-31-13-11-28/h1-9H,10-13,25H2,(H,26,30). The van der Waals surface area contributed by atoms with Crippen LogP contribution in [-0.2, 0) is 6.18 Å². The Morgan fingerprint density at radius 2 is 1.68 bits per heavy atom. The fraction of sp³-hybridized carbons (Fsp3) is 0.238. The molecule has 0 spiro atoms. The summed E-state index contributed by atoms with van der Waals surface area (Å²) in [7, 11) is 0. The Labute approximate surface area is 181 Å². The number of benzene rings is 2. The highest BCUT2D eigenvalue weighted by molar-refractivity contribution is 7.99. The number of nitrogens with one attached hydrogen (secondary N) is 1. The van der Waals surface area contributed by atoms with Crippen molar-refractivity contribution in [2.24, 2.45) is 0 Å². The van der Waals surface area contributed by atoms with Crippen molar-refractivity contribution in [1.82, 2.24) is 14.7 Å². The molecule has 1 fully saturated rings. The Kier molecular flexibility index (Phi) is 5.81. The number of hydrogen-bond acceptors (Lipinski definition) is 4. The molecule has 2 heterocycles. The number of carbonyl (C=O) groups excluding carboxylic acids is 1. The number of anilines is 2. The highest BCUT2D eigenvalue weighted by Crippen LogP contribution is 2.35. The zero-order valence-corrected chi connectivity index (χ0v) is 17.2. The first-order chi connectivity index (χ1) is 14.8. The van der Waals surface area contributed by atoms with Gasteiger partial charge in [0.25, 0.3) is 0 Å². The second-order valence-electron chi connectivity index (χ2n) is 6.96. The van der Waals surface area contributed by atoms with Gasteiger partial charge in [0.2, 0.25) is 0 Å². The molecule has 1 aliphatic rings. The fourth-order valence-corrected chi connectivity index (χ4v) is 4.20. The smallest absolute Gasteiger partial charge is 0.382 e. The van der Waals surface area contributed by atoms with Crippen LogP contribution in [0, 0.1) is 0 Å². The lowest BCUT2D eigenvalue weighted by molar-refractivity contribution is -0.137. The van der Waals surface area contributed by atoms with E-state index in [1.165, 1.54) is 16.8 Å². The van der Waals surface area contributed by atoms with Gasteiger partial charge in [-0.3, -0.25) is 0 Å². The van der Waals surface area contributed by atoms with Gasteiger partial charge in [-0.15, -0.1) is 0 Å². The number of urea groups is 1. The number of carbonyl (C=O) groups is 1. The van der Waals surface area contributed by atoms with Crippen molar-refractivity contribution in [3.8, 4) is 16.9 Å². The molecule has 10 heteroatoms.